The fourth-order valence-electron chi connectivity index (χ4n) is 2.35. The van der Waals surface area contributed by atoms with Crippen molar-refractivity contribution in [1.29, 1.82) is 0 Å². The average Bonchev–Trinajstić information content (AvgIpc) is 2.29. The second kappa shape index (κ2) is 4.69. The molecule has 1 saturated heterocycles. The van der Waals surface area contributed by atoms with Crippen molar-refractivity contribution >= 4 is 0 Å². The molecule has 0 N–H and O–H groups in total. The Labute approximate surface area is 104 Å². The maximum absolute atomic E-state index is 6.00. The van der Waals surface area contributed by atoms with Gasteiger partial charge in [0, 0.05) is 5.56 Å². The van der Waals surface area contributed by atoms with Crippen molar-refractivity contribution in [2.45, 2.75) is 39.7 Å². The van der Waals surface area contributed by atoms with Gasteiger partial charge in [-0.05, 0) is 37.3 Å². The van der Waals surface area contributed by atoms with E-state index >= 15 is 0 Å². The van der Waals surface area contributed by atoms with E-state index in [4.69, 9.17) is 9.47 Å². The minimum absolute atomic E-state index is 0.192. The summed E-state index contributed by atoms with van der Waals surface area (Å²) in [6, 6.07) is 6.30. The Balaban J connectivity index is 2.20. The number of hydrogen-bond acceptors (Lipinski definition) is 2. The first kappa shape index (κ1) is 12.4. The smallest absolute Gasteiger partial charge is 0.124 e. The number of aryl methyl sites for hydroxylation is 1. The van der Waals surface area contributed by atoms with Crippen LogP contribution < -0.4 is 4.74 Å². The lowest BCUT2D eigenvalue weighted by molar-refractivity contribution is -0.0506. The van der Waals surface area contributed by atoms with Crippen molar-refractivity contribution in [3.05, 3.63) is 29.3 Å². The second-order valence-electron chi connectivity index (χ2n) is 5.75. The van der Waals surface area contributed by atoms with Gasteiger partial charge in [-0.2, -0.15) is 0 Å². The van der Waals surface area contributed by atoms with Crippen molar-refractivity contribution in [3.8, 4) is 5.75 Å². The van der Waals surface area contributed by atoms with E-state index < -0.39 is 0 Å². The number of ether oxygens (including phenoxy) is 2. The average molecular weight is 234 g/mol. The van der Waals surface area contributed by atoms with E-state index in [2.05, 4.69) is 32.9 Å². The molecule has 1 aliphatic rings. The first-order valence-corrected chi connectivity index (χ1v) is 6.28. The SMILES string of the molecule is COc1ccc(C)cc1[C@H]1CCC(C)(C)CO1. The molecule has 1 fully saturated rings. The molecule has 0 unspecified atom stereocenters. The van der Waals surface area contributed by atoms with Crippen LogP contribution in [-0.2, 0) is 4.74 Å². The van der Waals surface area contributed by atoms with Crippen LogP contribution in [0.25, 0.3) is 0 Å². The summed E-state index contributed by atoms with van der Waals surface area (Å²) in [7, 11) is 1.72. The van der Waals surface area contributed by atoms with Gasteiger partial charge in [-0.3, -0.25) is 0 Å². The first-order valence-electron chi connectivity index (χ1n) is 6.28. The fourth-order valence-corrected chi connectivity index (χ4v) is 2.35. The number of benzene rings is 1. The molecule has 94 valence electrons. The van der Waals surface area contributed by atoms with Gasteiger partial charge in [-0.1, -0.05) is 25.5 Å². The van der Waals surface area contributed by atoms with Gasteiger partial charge >= 0.3 is 0 Å². The minimum atomic E-state index is 0.192. The maximum atomic E-state index is 6.00. The monoisotopic (exact) mass is 234 g/mol. The predicted molar refractivity (Wildman–Crippen MR) is 69.4 cm³/mol. The Morgan fingerprint density at radius 3 is 2.71 bits per heavy atom. The molecule has 2 rings (SSSR count). The Kier molecular flexibility index (Phi) is 3.43. The van der Waals surface area contributed by atoms with E-state index in [1.165, 1.54) is 17.5 Å². The van der Waals surface area contributed by atoms with Crippen molar-refractivity contribution in [2.24, 2.45) is 5.41 Å². The Bertz CT molecular complexity index is 386. The van der Waals surface area contributed by atoms with Crippen LogP contribution in [0.2, 0.25) is 0 Å². The third-order valence-corrected chi connectivity index (χ3v) is 3.49. The Morgan fingerprint density at radius 1 is 1.35 bits per heavy atom. The summed E-state index contributed by atoms with van der Waals surface area (Å²) in [5.74, 6) is 0.945. The molecule has 0 amide bonds. The summed E-state index contributed by atoms with van der Waals surface area (Å²) in [6.45, 7) is 7.46. The van der Waals surface area contributed by atoms with Crippen molar-refractivity contribution < 1.29 is 9.47 Å². The van der Waals surface area contributed by atoms with Gasteiger partial charge in [0.15, 0.2) is 0 Å². The summed E-state index contributed by atoms with van der Waals surface area (Å²) in [5.41, 5.74) is 2.77. The van der Waals surface area contributed by atoms with Crippen LogP contribution in [0.5, 0.6) is 5.75 Å². The van der Waals surface area contributed by atoms with Gasteiger partial charge in [-0.25, -0.2) is 0 Å². The summed E-state index contributed by atoms with van der Waals surface area (Å²) >= 11 is 0. The van der Waals surface area contributed by atoms with Gasteiger partial charge in [-0.15, -0.1) is 0 Å². The van der Waals surface area contributed by atoms with Gasteiger partial charge < -0.3 is 9.47 Å². The molecular weight excluding hydrogens is 212 g/mol. The van der Waals surface area contributed by atoms with E-state index in [-0.39, 0.29) is 6.10 Å². The zero-order valence-corrected chi connectivity index (χ0v) is 11.2. The third kappa shape index (κ3) is 2.81. The molecule has 0 spiro atoms. The standard InChI is InChI=1S/C15H22O2/c1-11-5-6-13(16-4)12(9-11)14-7-8-15(2,3)10-17-14/h5-6,9,14H,7-8,10H2,1-4H3/t14-/m1/s1. The molecular formula is C15H22O2. The number of rotatable bonds is 2. The number of methoxy groups -OCH3 is 1. The third-order valence-electron chi connectivity index (χ3n) is 3.49. The zero-order chi connectivity index (χ0) is 12.5. The van der Waals surface area contributed by atoms with Crippen LogP contribution in [-0.4, -0.2) is 13.7 Å². The highest BCUT2D eigenvalue weighted by Gasteiger charge is 2.29. The van der Waals surface area contributed by atoms with E-state index in [9.17, 15) is 0 Å². The van der Waals surface area contributed by atoms with Gasteiger partial charge in [0.25, 0.3) is 0 Å². The molecule has 0 radical (unpaired) electrons. The quantitative estimate of drug-likeness (QED) is 0.773. The minimum Gasteiger partial charge on any atom is -0.496 e. The summed E-state index contributed by atoms with van der Waals surface area (Å²) in [6.07, 6.45) is 2.47. The predicted octanol–water partition coefficient (Wildman–Crippen LogP) is 3.88. The highest BCUT2D eigenvalue weighted by Crippen LogP contribution is 2.40. The largest absolute Gasteiger partial charge is 0.496 e. The molecule has 1 aromatic rings. The maximum Gasteiger partial charge on any atom is 0.124 e. The molecule has 17 heavy (non-hydrogen) atoms. The fraction of sp³-hybridized carbons (Fsp3) is 0.600. The molecule has 0 aromatic heterocycles. The molecule has 0 bridgehead atoms. The molecule has 1 atom stereocenters. The molecule has 2 nitrogen and oxygen atoms in total. The van der Waals surface area contributed by atoms with Gasteiger partial charge in [0.1, 0.15) is 5.75 Å². The van der Waals surface area contributed by atoms with Crippen LogP contribution in [0.15, 0.2) is 18.2 Å². The lowest BCUT2D eigenvalue weighted by Gasteiger charge is -2.35. The number of hydrogen-bond donors (Lipinski definition) is 0. The summed E-state index contributed by atoms with van der Waals surface area (Å²) < 4.78 is 11.4. The second-order valence-corrected chi connectivity index (χ2v) is 5.75. The van der Waals surface area contributed by atoms with Crippen LogP contribution in [0.3, 0.4) is 0 Å². The van der Waals surface area contributed by atoms with Crippen LogP contribution >= 0.6 is 0 Å². The normalized spacial score (nSPS) is 23.4. The van der Waals surface area contributed by atoms with Crippen LogP contribution in [0.1, 0.15) is 43.9 Å². The van der Waals surface area contributed by atoms with Crippen molar-refractivity contribution in [2.75, 3.05) is 13.7 Å². The first-order chi connectivity index (χ1) is 8.02. The van der Waals surface area contributed by atoms with E-state index in [1.54, 1.807) is 7.11 Å². The Hall–Kier alpha value is -1.02. The van der Waals surface area contributed by atoms with E-state index in [0.717, 1.165) is 18.8 Å². The topological polar surface area (TPSA) is 18.5 Å². The lowest BCUT2D eigenvalue weighted by atomic mass is 9.84. The van der Waals surface area contributed by atoms with Crippen molar-refractivity contribution in [3.63, 3.8) is 0 Å². The highest BCUT2D eigenvalue weighted by molar-refractivity contribution is 5.38. The molecule has 1 heterocycles. The van der Waals surface area contributed by atoms with Crippen LogP contribution in [0.4, 0.5) is 0 Å². The van der Waals surface area contributed by atoms with Gasteiger partial charge in [0.2, 0.25) is 0 Å². The zero-order valence-electron chi connectivity index (χ0n) is 11.2. The van der Waals surface area contributed by atoms with Crippen molar-refractivity contribution in [1.82, 2.24) is 0 Å². The molecule has 1 aromatic carbocycles. The molecule has 0 saturated carbocycles. The lowest BCUT2D eigenvalue weighted by Crippen LogP contribution is -2.27. The van der Waals surface area contributed by atoms with Crippen LogP contribution in [0, 0.1) is 12.3 Å². The highest BCUT2D eigenvalue weighted by atomic mass is 16.5. The molecule has 1 aliphatic heterocycles. The Morgan fingerprint density at radius 2 is 2.12 bits per heavy atom. The van der Waals surface area contributed by atoms with E-state index in [1.807, 2.05) is 6.07 Å². The van der Waals surface area contributed by atoms with Gasteiger partial charge in [0.05, 0.1) is 19.8 Å². The summed E-state index contributed by atoms with van der Waals surface area (Å²) in [4.78, 5) is 0. The molecule has 0 aliphatic carbocycles. The van der Waals surface area contributed by atoms with E-state index in [0.29, 0.717) is 5.41 Å². The summed E-state index contributed by atoms with van der Waals surface area (Å²) in [5, 5.41) is 0. The molecule has 2 heteroatoms.